The molecule has 3 rings (SSSR count). The molecule has 0 bridgehead atoms. The standard InChI is InChI=1S/C16H18N3O3/c20-16(7-6-14-4-3-13-22-14)18-11-9-17(10-12-18)15-5-1-2-8-19(15)21/h1-8,13,21H,9-12H2/q+1/b7-6+. The number of rotatable bonds is 3. The molecule has 2 aromatic heterocycles. The SMILES string of the molecule is O=C(/C=C/c1ccco1)N1CCN(c2cccc[n+]2O)CC1. The first-order chi connectivity index (χ1) is 10.7. The van der Waals surface area contributed by atoms with Crippen LogP contribution in [0.2, 0.25) is 0 Å². The molecule has 1 fully saturated rings. The van der Waals surface area contributed by atoms with Crippen LogP contribution in [0.15, 0.2) is 53.3 Å². The predicted octanol–water partition coefficient (Wildman–Crippen LogP) is 1.17. The lowest BCUT2D eigenvalue weighted by Crippen LogP contribution is -2.51. The van der Waals surface area contributed by atoms with Crippen LogP contribution in [0.1, 0.15) is 5.76 Å². The van der Waals surface area contributed by atoms with Gasteiger partial charge in [-0.05, 0) is 24.3 Å². The Morgan fingerprint density at radius 1 is 1.18 bits per heavy atom. The molecule has 6 heteroatoms. The maximum Gasteiger partial charge on any atom is 0.316 e. The Kier molecular flexibility index (Phi) is 4.09. The van der Waals surface area contributed by atoms with Gasteiger partial charge in [0.2, 0.25) is 5.91 Å². The van der Waals surface area contributed by atoms with Gasteiger partial charge >= 0.3 is 5.82 Å². The second-order valence-corrected chi connectivity index (χ2v) is 5.06. The molecule has 0 unspecified atom stereocenters. The second-order valence-electron chi connectivity index (χ2n) is 5.06. The molecule has 1 amide bonds. The van der Waals surface area contributed by atoms with Gasteiger partial charge in [0.15, 0.2) is 0 Å². The molecule has 2 aromatic rings. The van der Waals surface area contributed by atoms with Crippen molar-refractivity contribution in [3.05, 3.63) is 54.6 Å². The summed E-state index contributed by atoms with van der Waals surface area (Å²) >= 11 is 0. The number of carbonyl (C=O) groups is 1. The number of pyridine rings is 1. The molecule has 1 aliphatic rings. The highest BCUT2D eigenvalue weighted by Crippen LogP contribution is 2.11. The first-order valence-electron chi connectivity index (χ1n) is 7.19. The average molecular weight is 300 g/mol. The molecule has 22 heavy (non-hydrogen) atoms. The van der Waals surface area contributed by atoms with E-state index in [1.807, 2.05) is 12.1 Å². The largest absolute Gasteiger partial charge is 0.465 e. The molecule has 0 aliphatic carbocycles. The smallest absolute Gasteiger partial charge is 0.316 e. The molecule has 6 nitrogen and oxygen atoms in total. The van der Waals surface area contributed by atoms with Crippen molar-refractivity contribution < 1.29 is 19.1 Å². The van der Waals surface area contributed by atoms with Crippen LogP contribution in [0, 0.1) is 0 Å². The van der Waals surface area contributed by atoms with Crippen molar-refractivity contribution in [2.24, 2.45) is 0 Å². The van der Waals surface area contributed by atoms with E-state index in [1.54, 1.807) is 41.6 Å². The zero-order valence-electron chi connectivity index (χ0n) is 12.1. The molecular formula is C16H18N3O3+. The molecule has 1 N–H and O–H groups in total. The summed E-state index contributed by atoms with van der Waals surface area (Å²) < 4.78 is 6.27. The molecule has 0 aromatic carbocycles. The van der Waals surface area contributed by atoms with E-state index < -0.39 is 0 Å². The lowest BCUT2D eigenvalue weighted by atomic mass is 10.3. The minimum Gasteiger partial charge on any atom is -0.465 e. The van der Waals surface area contributed by atoms with E-state index in [0.29, 0.717) is 31.9 Å². The first-order valence-corrected chi connectivity index (χ1v) is 7.19. The van der Waals surface area contributed by atoms with Gasteiger partial charge in [-0.1, -0.05) is 10.8 Å². The van der Waals surface area contributed by atoms with E-state index in [2.05, 4.69) is 4.90 Å². The maximum atomic E-state index is 12.1. The van der Waals surface area contributed by atoms with E-state index in [4.69, 9.17) is 4.42 Å². The summed E-state index contributed by atoms with van der Waals surface area (Å²) in [6, 6.07) is 9.09. The molecular weight excluding hydrogens is 282 g/mol. The van der Waals surface area contributed by atoms with Crippen molar-refractivity contribution in [1.29, 1.82) is 0 Å². The molecule has 0 radical (unpaired) electrons. The van der Waals surface area contributed by atoms with E-state index in [0.717, 1.165) is 10.5 Å². The van der Waals surface area contributed by atoms with Gasteiger partial charge in [-0.2, -0.15) is 0 Å². The number of amides is 1. The normalized spacial score (nSPS) is 15.5. The van der Waals surface area contributed by atoms with Crippen molar-refractivity contribution in [3.8, 4) is 0 Å². The van der Waals surface area contributed by atoms with Crippen LogP contribution < -0.4 is 9.63 Å². The monoisotopic (exact) mass is 300 g/mol. The molecule has 114 valence electrons. The van der Waals surface area contributed by atoms with Gasteiger partial charge in [-0.3, -0.25) is 9.69 Å². The number of nitrogens with zero attached hydrogens (tertiary/aromatic N) is 3. The summed E-state index contributed by atoms with van der Waals surface area (Å²) in [6.45, 7) is 2.61. The Bertz CT molecular complexity index is 659. The number of hydrogen-bond donors (Lipinski definition) is 1. The molecule has 1 aliphatic heterocycles. The minimum absolute atomic E-state index is 0.0269. The van der Waals surface area contributed by atoms with Crippen LogP contribution in [0.3, 0.4) is 0 Å². The number of carbonyl (C=O) groups excluding carboxylic acids is 1. The third-order valence-corrected chi connectivity index (χ3v) is 3.67. The van der Waals surface area contributed by atoms with Crippen molar-refractivity contribution >= 4 is 17.8 Å². The number of piperazine rings is 1. The van der Waals surface area contributed by atoms with Crippen molar-refractivity contribution in [3.63, 3.8) is 0 Å². The summed E-state index contributed by atoms with van der Waals surface area (Å²) in [7, 11) is 0. The van der Waals surface area contributed by atoms with Gasteiger partial charge in [0.1, 0.15) is 25.0 Å². The summed E-state index contributed by atoms with van der Waals surface area (Å²) in [5.74, 6) is 1.37. The highest BCUT2D eigenvalue weighted by Gasteiger charge is 2.26. The van der Waals surface area contributed by atoms with Crippen LogP contribution in [-0.2, 0) is 4.79 Å². The second kappa shape index (κ2) is 6.34. The summed E-state index contributed by atoms with van der Waals surface area (Å²) in [6.07, 6.45) is 6.38. The number of hydrogen-bond acceptors (Lipinski definition) is 4. The van der Waals surface area contributed by atoms with E-state index in [-0.39, 0.29) is 5.91 Å². The molecule has 1 saturated heterocycles. The van der Waals surface area contributed by atoms with Crippen molar-refractivity contribution in [1.82, 2.24) is 4.90 Å². The van der Waals surface area contributed by atoms with E-state index in [9.17, 15) is 10.0 Å². The number of anilines is 1. The predicted molar refractivity (Wildman–Crippen MR) is 80.4 cm³/mol. The maximum absolute atomic E-state index is 12.1. The average Bonchev–Trinajstić information content (AvgIpc) is 3.07. The molecule has 0 spiro atoms. The Labute approximate surface area is 128 Å². The topological polar surface area (TPSA) is 60.8 Å². The van der Waals surface area contributed by atoms with Gasteiger partial charge < -0.3 is 14.5 Å². The highest BCUT2D eigenvalue weighted by atomic mass is 16.5. The highest BCUT2D eigenvalue weighted by molar-refractivity contribution is 5.91. The lowest BCUT2D eigenvalue weighted by molar-refractivity contribution is -0.894. The van der Waals surface area contributed by atoms with Gasteiger partial charge in [0.05, 0.1) is 19.4 Å². The van der Waals surface area contributed by atoms with E-state index >= 15 is 0 Å². The van der Waals surface area contributed by atoms with Crippen LogP contribution in [0.5, 0.6) is 0 Å². The fourth-order valence-electron chi connectivity index (χ4n) is 2.48. The Hall–Kier alpha value is -2.76. The summed E-state index contributed by atoms with van der Waals surface area (Å²) in [4.78, 5) is 16.0. The Morgan fingerprint density at radius 2 is 2.00 bits per heavy atom. The van der Waals surface area contributed by atoms with Gasteiger partial charge in [0.25, 0.3) is 0 Å². The van der Waals surface area contributed by atoms with Crippen LogP contribution in [-0.4, -0.2) is 42.2 Å². The van der Waals surface area contributed by atoms with Gasteiger partial charge in [0, 0.05) is 12.1 Å². The van der Waals surface area contributed by atoms with Gasteiger partial charge in [-0.15, -0.1) is 0 Å². The third kappa shape index (κ3) is 3.11. The number of furan rings is 1. The zero-order chi connectivity index (χ0) is 15.4. The number of aromatic nitrogens is 1. The summed E-state index contributed by atoms with van der Waals surface area (Å²) in [5, 5.41) is 9.80. The summed E-state index contributed by atoms with van der Waals surface area (Å²) in [5.41, 5.74) is 0. The van der Waals surface area contributed by atoms with E-state index in [1.165, 1.54) is 6.08 Å². The van der Waals surface area contributed by atoms with Crippen molar-refractivity contribution in [2.45, 2.75) is 0 Å². The quantitative estimate of drug-likeness (QED) is 0.525. The Morgan fingerprint density at radius 3 is 2.68 bits per heavy atom. The molecule has 0 saturated carbocycles. The Balaban J connectivity index is 1.57. The third-order valence-electron chi connectivity index (χ3n) is 3.67. The van der Waals surface area contributed by atoms with Crippen molar-refractivity contribution in [2.75, 3.05) is 31.1 Å². The van der Waals surface area contributed by atoms with Crippen LogP contribution in [0.25, 0.3) is 6.08 Å². The molecule has 3 heterocycles. The van der Waals surface area contributed by atoms with Crippen LogP contribution in [0.4, 0.5) is 5.82 Å². The van der Waals surface area contributed by atoms with Gasteiger partial charge in [-0.25, -0.2) is 0 Å². The minimum atomic E-state index is -0.0269. The fourth-order valence-corrected chi connectivity index (χ4v) is 2.48. The lowest BCUT2D eigenvalue weighted by Gasteiger charge is -2.30. The van der Waals surface area contributed by atoms with Crippen LogP contribution >= 0.6 is 0 Å². The zero-order valence-corrected chi connectivity index (χ0v) is 12.1. The molecule has 0 atom stereocenters. The fraction of sp³-hybridized carbons (Fsp3) is 0.250. The first kappa shape index (κ1) is 14.2.